The maximum atomic E-state index is 13.1. The molecule has 1 saturated heterocycles. The molecule has 2 rings (SSSR count). The van der Waals surface area contributed by atoms with Crippen molar-refractivity contribution in [2.45, 2.75) is 19.5 Å². The number of amides is 1. The summed E-state index contributed by atoms with van der Waals surface area (Å²) in [6.45, 7) is 2.97. The Morgan fingerprint density at radius 3 is 2.80 bits per heavy atom. The van der Waals surface area contributed by atoms with Crippen molar-refractivity contribution in [1.29, 1.82) is 0 Å². The van der Waals surface area contributed by atoms with Crippen molar-refractivity contribution < 1.29 is 19.1 Å². The lowest BCUT2D eigenvalue weighted by Crippen LogP contribution is -2.54. The second kappa shape index (κ2) is 6.00. The standard InChI is InChI=1S/C14H17FN2O3/c1-10(14(19)20)16-5-6-17(13(18)9-16)8-11-3-2-4-12(15)7-11/h2-4,7,10H,5-6,8-9H2,1H3,(H,19,20)/t10-/m0/s1. The first-order valence-corrected chi connectivity index (χ1v) is 6.46. The molecule has 1 amide bonds. The van der Waals surface area contributed by atoms with E-state index in [-0.39, 0.29) is 18.3 Å². The predicted octanol–water partition coefficient (Wildman–Crippen LogP) is 0.943. The molecule has 108 valence electrons. The normalized spacial score (nSPS) is 18.1. The molecule has 0 aliphatic carbocycles. The monoisotopic (exact) mass is 280 g/mol. The molecule has 0 spiro atoms. The minimum atomic E-state index is -0.934. The van der Waals surface area contributed by atoms with Crippen molar-refractivity contribution in [2.24, 2.45) is 0 Å². The number of piperazine rings is 1. The zero-order valence-corrected chi connectivity index (χ0v) is 11.3. The lowest BCUT2D eigenvalue weighted by Gasteiger charge is -2.36. The molecule has 0 saturated carbocycles. The van der Waals surface area contributed by atoms with Crippen LogP contribution in [0.5, 0.6) is 0 Å². The van der Waals surface area contributed by atoms with Crippen LogP contribution >= 0.6 is 0 Å². The molecule has 1 fully saturated rings. The summed E-state index contributed by atoms with van der Waals surface area (Å²) in [5.74, 6) is -1.39. The number of benzene rings is 1. The largest absolute Gasteiger partial charge is 0.480 e. The van der Waals surface area contributed by atoms with Gasteiger partial charge in [0.25, 0.3) is 0 Å². The van der Waals surface area contributed by atoms with Crippen LogP contribution in [0.15, 0.2) is 24.3 Å². The van der Waals surface area contributed by atoms with Crippen molar-refractivity contribution >= 4 is 11.9 Å². The number of carbonyl (C=O) groups excluding carboxylic acids is 1. The lowest BCUT2D eigenvalue weighted by molar-refractivity contribution is -0.147. The SMILES string of the molecule is C[C@@H](C(=O)O)N1CCN(Cc2cccc(F)c2)C(=O)C1. The number of carboxylic acids is 1. The molecular formula is C14H17FN2O3. The Bertz CT molecular complexity index is 521. The molecule has 5 nitrogen and oxygen atoms in total. The third kappa shape index (κ3) is 3.33. The highest BCUT2D eigenvalue weighted by molar-refractivity contribution is 5.80. The van der Waals surface area contributed by atoms with Gasteiger partial charge in [-0.05, 0) is 24.6 Å². The van der Waals surface area contributed by atoms with E-state index in [9.17, 15) is 14.0 Å². The van der Waals surface area contributed by atoms with Crippen LogP contribution in [0, 0.1) is 5.82 Å². The van der Waals surface area contributed by atoms with Gasteiger partial charge in [0.15, 0.2) is 0 Å². The summed E-state index contributed by atoms with van der Waals surface area (Å²) in [7, 11) is 0. The fourth-order valence-corrected chi connectivity index (χ4v) is 2.24. The van der Waals surface area contributed by atoms with Crippen LogP contribution in [0.4, 0.5) is 4.39 Å². The highest BCUT2D eigenvalue weighted by atomic mass is 19.1. The van der Waals surface area contributed by atoms with Crippen LogP contribution in [0.25, 0.3) is 0 Å². The fraction of sp³-hybridized carbons (Fsp3) is 0.429. The Labute approximate surface area is 116 Å². The molecule has 1 aromatic carbocycles. The minimum absolute atomic E-state index is 0.0861. The van der Waals surface area contributed by atoms with E-state index in [2.05, 4.69) is 0 Å². The molecule has 0 aromatic heterocycles. The zero-order valence-electron chi connectivity index (χ0n) is 11.3. The summed E-state index contributed by atoms with van der Waals surface area (Å²) in [6.07, 6.45) is 0. The summed E-state index contributed by atoms with van der Waals surface area (Å²) in [4.78, 5) is 26.2. The first kappa shape index (κ1) is 14.5. The number of hydrogen-bond acceptors (Lipinski definition) is 3. The zero-order chi connectivity index (χ0) is 14.7. The molecule has 20 heavy (non-hydrogen) atoms. The topological polar surface area (TPSA) is 60.9 Å². The summed E-state index contributed by atoms with van der Waals surface area (Å²) >= 11 is 0. The quantitative estimate of drug-likeness (QED) is 0.892. The van der Waals surface area contributed by atoms with Crippen LogP contribution in [0.2, 0.25) is 0 Å². The van der Waals surface area contributed by atoms with Gasteiger partial charge in [0, 0.05) is 19.6 Å². The van der Waals surface area contributed by atoms with Crippen molar-refractivity contribution in [3.8, 4) is 0 Å². The molecule has 1 N–H and O–H groups in total. The third-order valence-corrected chi connectivity index (χ3v) is 3.52. The minimum Gasteiger partial charge on any atom is -0.480 e. The Hall–Kier alpha value is -1.95. The van der Waals surface area contributed by atoms with Gasteiger partial charge in [0.05, 0.1) is 6.54 Å². The van der Waals surface area contributed by atoms with Crippen molar-refractivity contribution in [3.05, 3.63) is 35.6 Å². The molecule has 1 heterocycles. The molecule has 0 bridgehead atoms. The van der Waals surface area contributed by atoms with Gasteiger partial charge >= 0.3 is 5.97 Å². The van der Waals surface area contributed by atoms with Gasteiger partial charge in [-0.1, -0.05) is 12.1 Å². The van der Waals surface area contributed by atoms with Crippen LogP contribution in [0.1, 0.15) is 12.5 Å². The van der Waals surface area contributed by atoms with Crippen molar-refractivity contribution in [2.75, 3.05) is 19.6 Å². The van der Waals surface area contributed by atoms with Gasteiger partial charge in [-0.15, -0.1) is 0 Å². The van der Waals surface area contributed by atoms with E-state index >= 15 is 0 Å². The van der Waals surface area contributed by atoms with E-state index in [1.165, 1.54) is 12.1 Å². The molecule has 1 aromatic rings. The van der Waals surface area contributed by atoms with E-state index in [1.54, 1.807) is 28.9 Å². The van der Waals surface area contributed by atoms with Crippen molar-refractivity contribution in [3.63, 3.8) is 0 Å². The first-order valence-electron chi connectivity index (χ1n) is 6.46. The molecule has 1 aliphatic rings. The first-order chi connectivity index (χ1) is 9.47. The lowest BCUT2D eigenvalue weighted by atomic mass is 10.1. The van der Waals surface area contributed by atoms with E-state index < -0.39 is 12.0 Å². The number of halogens is 1. The summed E-state index contributed by atoms with van der Waals surface area (Å²) < 4.78 is 13.1. The van der Waals surface area contributed by atoms with Gasteiger partial charge in [-0.3, -0.25) is 14.5 Å². The number of hydrogen-bond donors (Lipinski definition) is 1. The second-order valence-corrected chi connectivity index (χ2v) is 4.93. The van der Waals surface area contributed by atoms with Gasteiger partial charge < -0.3 is 10.0 Å². The predicted molar refractivity (Wildman–Crippen MR) is 70.5 cm³/mol. The van der Waals surface area contributed by atoms with Gasteiger partial charge in [0.2, 0.25) is 5.91 Å². The summed E-state index contributed by atoms with van der Waals surface area (Å²) in [5.41, 5.74) is 0.734. The summed E-state index contributed by atoms with van der Waals surface area (Å²) in [5, 5.41) is 8.94. The molecule has 0 radical (unpaired) electrons. The number of rotatable bonds is 4. The van der Waals surface area contributed by atoms with Gasteiger partial charge in [-0.2, -0.15) is 0 Å². The summed E-state index contributed by atoms with van der Waals surface area (Å²) in [6, 6.07) is 5.47. The molecule has 0 unspecified atom stereocenters. The fourth-order valence-electron chi connectivity index (χ4n) is 2.24. The Morgan fingerprint density at radius 2 is 2.20 bits per heavy atom. The molecule has 1 atom stereocenters. The number of carboxylic acid groups (broad SMARTS) is 1. The van der Waals surface area contributed by atoms with E-state index in [0.29, 0.717) is 19.6 Å². The van der Waals surface area contributed by atoms with Gasteiger partial charge in [-0.25, -0.2) is 4.39 Å². The smallest absolute Gasteiger partial charge is 0.320 e. The van der Waals surface area contributed by atoms with E-state index in [4.69, 9.17) is 5.11 Å². The molecular weight excluding hydrogens is 263 g/mol. The highest BCUT2D eigenvalue weighted by Gasteiger charge is 2.29. The van der Waals surface area contributed by atoms with Gasteiger partial charge in [0.1, 0.15) is 11.9 Å². The van der Waals surface area contributed by atoms with Crippen molar-refractivity contribution in [1.82, 2.24) is 9.80 Å². The number of nitrogens with zero attached hydrogens (tertiary/aromatic N) is 2. The number of carbonyl (C=O) groups is 2. The van der Waals surface area contributed by atoms with Crippen LogP contribution in [0.3, 0.4) is 0 Å². The Balaban J connectivity index is 1.97. The molecule has 6 heteroatoms. The van der Waals surface area contributed by atoms with E-state index in [1.807, 2.05) is 0 Å². The average Bonchev–Trinajstić information content (AvgIpc) is 2.40. The van der Waals surface area contributed by atoms with Crippen LogP contribution in [-0.2, 0) is 16.1 Å². The van der Waals surface area contributed by atoms with Crippen LogP contribution in [-0.4, -0.2) is 52.5 Å². The Morgan fingerprint density at radius 1 is 1.45 bits per heavy atom. The Kier molecular flexibility index (Phi) is 4.34. The number of aliphatic carboxylic acids is 1. The average molecular weight is 280 g/mol. The third-order valence-electron chi connectivity index (χ3n) is 3.52. The second-order valence-electron chi connectivity index (χ2n) is 4.93. The van der Waals surface area contributed by atoms with Crippen LogP contribution < -0.4 is 0 Å². The maximum absolute atomic E-state index is 13.1. The van der Waals surface area contributed by atoms with E-state index in [0.717, 1.165) is 5.56 Å². The highest BCUT2D eigenvalue weighted by Crippen LogP contribution is 2.12. The maximum Gasteiger partial charge on any atom is 0.320 e. The molecule has 1 aliphatic heterocycles.